The normalized spacial score (nSPS) is 13.9. The molecule has 0 aliphatic heterocycles. The Balaban J connectivity index is 4.35. The molecule has 2 nitrogen and oxygen atoms in total. The summed E-state index contributed by atoms with van der Waals surface area (Å²) in [6, 6.07) is 0.0185. The zero-order chi connectivity index (χ0) is 12.9. The quantitative estimate of drug-likeness (QED) is 0.316. The van der Waals surface area contributed by atoms with Crippen molar-refractivity contribution in [1.82, 2.24) is 0 Å². The fourth-order valence-electron chi connectivity index (χ4n) is 1.83. The summed E-state index contributed by atoms with van der Waals surface area (Å²) in [7, 11) is 0. The largest absolute Gasteiger partial charge is 0.235 e. The third kappa shape index (κ3) is 8.41. The number of nitrogens with zero attached hydrogens (tertiary/aromatic N) is 1. The zero-order valence-electron chi connectivity index (χ0n) is 10.8. The summed E-state index contributed by atoms with van der Waals surface area (Å²) in [5.41, 5.74) is 0. The highest BCUT2D eigenvalue weighted by atomic mass is 16.1. The van der Waals surface area contributed by atoms with Gasteiger partial charge in [-0.2, -0.15) is 0 Å². The monoisotopic (exact) mass is 233 g/mol. The van der Waals surface area contributed by atoms with Gasteiger partial charge in [0.1, 0.15) is 0 Å². The lowest BCUT2D eigenvalue weighted by Crippen LogP contribution is -2.10. The summed E-state index contributed by atoms with van der Waals surface area (Å²) < 4.78 is 0. The van der Waals surface area contributed by atoms with Crippen LogP contribution in [0.1, 0.15) is 39.0 Å². The lowest BCUT2D eigenvalue weighted by molar-refractivity contribution is 0.439. The minimum atomic E-state index is 0.0185. The molecule has 0 N–H and O–H groups in total. The van der Waals surface area contributed by atoms with Crippen LogP contribution in [-0.2, 0) is 4.79 Å². The first-order valence-corrected chi connectivity index (χ1v) is 6.22. The molecule has 0 aromatic heterocycles. The molecule has 0 aliphatic carbocycles. The highest BCUT2D eigenvalue weighted by molar-refractivity contribution is 5.33. The molecule has 0 saturated heterocycles. The molecule has 0 amide bonds. The highest BCUT2D eigenvalue weighted by Crippen LogP contribution is 2.20. The second kappa shape index (κ2) is 11.1. The van der Waals surface area contributed by atoms with Crippen LogP contribution < -0.4 is 0 Å². The van der Waals surface area contributed by atoms with Crippen LogP contribution >= 0.6 is 0 Å². The molecule has 0 rings (SSSR count). The van der Waals surface area contributed by atoms with Gasteiger partial charge in [-0.05, 0) is 38.0 Å². The van der Waals surface area contributed by atoms with Gasteiger partial charge in [0.25, 0.3) is 0 Å². The van der Waals surface area contributed by atoms with Gasteiger partial charge in [-0.1, -0.05) is 31.2 Å². The highest BCUT2D eigenvalue weighted by Gasteiger charge is 2.12. The van der Waals surface area contributed by atoms with E-state index in [0.717, 1.165) is 32.1 Å². The van der Waals surface area contributed by atoms with E-state index in [1.54, 1.807) is 12.2 Å². The number of allylic oxidation sites excluding steroid dienone is 3. The summed E-state index contributed by atoms with van der Waals surface area (Å²) >= 11 is 0. The van der Waals surface area contributed by atoms with Crippen LogP contribution in [0.2, 0.25) is 0 Å². The molecule has 0 bridgehead atoms. The minimum absolute atomic E-state index is 0.0185. The summed E-state index contributed by atoms with van der Waals surface area (Å²) in [6.07, 6.45) is 14.4. The summed E-state index contributed by atoms with van der Waals surface area (Å²) in [5.74, 6) is 0.498. The van der Waals surface area contributed by atoms with E-state index in [1.807, 2.05) is 6.08 Å². The Hall–Kier alpha value is -1.40. The van der Waals surface area contributed by atoms with Crippen molar-refractivity contribution in [2.75, 3.05) is 0 Å². The number of hydrogen-bond donors (Lipinski definition) is 0. The van der Waals surface area contributed by atoms with Crippen molar-refractivity contribution in [3.63, 3.8) is 0 Å². The average Bonchev–Trinajstić information content (AvgIpc) is 2.30. The van der Waals surface area contributed by atoms with Crippen LogP contribution in [-0.4, -0.2) is 12.1 Å². The molecule has 0 aromatic rings. The Bertz CT molecular complexity index is 287. The number of hydrogen-bond acceptors (Lipinski definition) is 2. The predicted octanol–water partition coefficient (Wildman–Crippen LogP) is 4.21. The number of aliphatic imine (C=N–C) groups is 1. The zero-order valence-corrected chi connectivity index (χ0v) is 10.8. The van der Waals surface area contributed by atoms with Crippen molar-refractivity contribution in [1.29, 1.82) is 0 Å². The average molecular weight is 233 g/mol. The fourth-order valence-corrected chi connectivity index (χ4v) is 1.83. The van der Waals surface area contributed by atoms with Gasteiger partial charge >= 0.3 is 0 Å². The van der Waals surface area contributed by atoms with E-state index in [2.05, 4.69) is 37.2 Å². The first-order chi connectivity index (χ1) is 8.28. The Labute approximate surface area is 105 Å². The molecule has 2 unspecified atom stereocenters. The van der Waals surface area contributed by atoms with Crippen LogP contribution in [0.15, 0.2) is 42.5 Å². The third-order valence-electron chi connectivity index (χ3n) is 2.65. The van der Waals surface area contributed by atoms with E-state index in [9.17, 15) is 4.79 Å². The Kier molecular flexibility index (Phi) is 10.2. The summed E-state index contributed by atoms with van der Waals surface area (Å²) in [4.78, 5) is 14.2. The molecular formula is C15H23NO. The lowest BCUT2D eigenvalue weighted by atomic mass is 9.92. The van der Waals surface area contributed by atoms with Gasteiger partial charge in [0.15, 0.2) is 0 Å². The molecule has 2 atom stereocenters. The van der Waals surface area contributed by atoms with Crippen LogP contribution in [0, 0.1) is 5.92 Å². The molecule has 2 heteroatoms. The molecule has 0 saturated carbocycles. The van der Waals surface area contributed by atoms with Crippen molar-refractivity contribution < 1.29 is 4.79 Å². The van der Waals surface area contributed by atoms with E-state index in [-0.39, 0.29) is 6.04 Å². The van der Waals surface area contributed by atoms with E-state index in [4.69, 9.17) is 0 Å². The number of isocyanates is 1. The molecule has 17 heavy (non-hydrogen) atoms. The smallest absolute Gasteiger partial charge is 0.211 e. The molecule has 0 aromatic carbocycles. The maximum absolute atomic E-state index is 10.3. The van der Waals surface area contributed by atoms with Crippen LogP contribution in [0.3, 0.4) is 0 Å². The SMILES string of the molecule is C=CCC(CC=CCC)CC(CC=C)N=C=O. The van der Waals surface area contributed by atoms with Crippen molar-refractivity contribution in [2.45, 2.75) is 45.1 Å². The van der Waals surface area contributed by atoms with Gasteiger partial charge in [0.2, 0.25) is 6.08 Å². The molecule has 94 valence electrons. The molecule has 0 radical (unpaired) electrons. The second-order valence-corrected chi connectivity index (χ2v) is 4.14. The summed E-state index contributed by atoms with van der Waals surface area (Å²) in [5, 5.41) is 0. The minimum Gasteiger partial charge on any atom is -0.211 e. The predicted molar refractivity (Wildman–Crippen MR) is 73.7 cm³/mol. The van der Waals surface area contributed by atoms with Crippen LogP contribution in [0.5, 0.6) is 0 Å². The number of rotatable bonds is 10. The summed E-state index contributed by atoms with van der Waals surface area (Å²) in [6.45, 7) is 9.58. The first-order valence-electron chi connectivity index (χ1n) is 6.22. The van der Waals surface area contributed by atoms with Gasteiger partial charge in [-0.15, -0.1) is 13.2 Å². The van der Waals surface area contributed by atoms with E-state index >= 15 is 0 Å². The topological polar surface area (TPSA) is 29.4 Å². The van der Waals surface area contributed by atoms with Crippen molar-refractivity contribution >= 4 is 6.08 Å². The van der Waals surface area contributed by atoms with Gasteiger partial charge < -0.3 is 0 Å². The number of carbonyl (C=O) groups excluding carboxylic acids is 1. The van der Waals surface area contributed by atoms with Crippen LogP contribution in [0.4, 0.5) is 0 Å². The van der Waals surface area contributed by atoms with Crippen molar-refractivity contribution in [2.24, 2.45) is 10.9 Å². The van der Waals surface area contributed by atoms with Gasteiger partial charge in [-0.3, -0.25) is 0 Å². The van der Waals surface area contributed by atoms with E-state index in [0.29, 0.717) is 5.92 Å². The molecule has 0 aliphatic rings. The molecule has 0 fully saturated rings. The maximum atomic E-state index is 10.3. The van der Waals surface area contributed by atoms with Crippen molar-refractivity contribution in [3.05, 3.63) is 37.5 Å². The Morgan fingerprint density at radius 3 is 2.41 bits per heavy atom. The van der Waals surface area contributed by atoms with Crippen LogP contribution in [0.25, 0.3) is 0 Å². The maximum Gasteiger partial charge on any atom is 0.235 e. The van der Waals surface area contributed by atoms with Gasteiger partial charge in [-0.25, -0.2) is 9.79 Å². The Morgan fingerprint density at radius 2 is 1.88 bits per heavy atom. The van der Waals surface area contributed by atoms with E-state index in [1.165, 1.54) is 0 Å². The second-order valence-electron chi connectivity index (χ2n) is 4.14. The van der Waals surface area contributed by atoms with Gasteiger partial charge in [0, 0.05) is 0 Å². The van der Waals surface area contributed by atoms with Crippen molar-refractivity contribution in [3.8, 4) is 0 Å². The van der Waals surface area contributed by atoms with E-state index < -0.39 is 0 Å². The third-order valence-corrected chi connectivity index (χ3v) is 2.65. The fraction of sp³-hybridized carbons (Fsp3) is 0.533. The lowest BCUT2D eigenvalue weighted by Gasteiger charge is -2.16. The standard InChI is InChI=1S/C15H23NO/c1-4-7-8-11-14(9-5-2)12-15(10-6-3)16-13-17/h5-8,14-15H,2-4,9-12H2,1H3. The molecular weight excluding hydrogens is 210 g/mol. The molecule has 0 heterocycles. The molecule has 0 spiro atoms. The first kappa shape index (κ1) is 15.6. The van der Waals surface area contributed by atoms with Gasteiger partial charge in [0.05, 0.1) is 6.04 Å². The Morgan fingerprint density at radius 1 is 1.18 bits per heavy atom.